The van der Waals surface area contributed by atoms with Gasteiger partial charge >= 0.3 is 0 Å². The lowest BCUT2D eigenvalue weighted by Crippen LogP contribution is -2.30. The molecule has 0 bridgehead atoms. The van der Waals surface area contributed by atoms with Gasteiger partial charge < -0.3 is 4.90 Å². The van der Waals surface area contributed by atoms with Gasteiger partial charge in [-0.1, -0.05) is 0 Å². The van der Waals surface area contributed by atoms with Crippen molar-refractivity contribution in [2.75, 3.05) is 24.0 Å². The van der Waals surface area contributed by atoms with E-state index in [1.54, 1.807) is 0 Å². The van der Waals surface area contributed by atoms with E-state index in [9.17, 15) is 0 Å². The third kappa shape index (κ3) is 3.94. The third-order valence-corrected chi connectivity index (χ3v) is 3.61. The second-order valence-electron chi connectivity index (χ2n) is 3.84. The largest absolute Gasteiger partial charge is 0.357 e. The number of halogens is 1. The fraction of sp³-hybridized carbons (Fsp3) is 0.636. The lowest BCUT2D eigenvalue weighted by Gasteiger charge is -2.26. The highest BCUT2D eigenvalue weighted by atomic mass is 79.9. The van der Waals surface area contributed by atoms with Gasteiger partial charge in [0.1, 0.15) is 16.2 Å². The Hall–Kier alpha value is -0.290. The summed E-state index contributed by atoms with van der Waals surface area (Å²) < 4.78 is 0.846. The SMILES string of the molecule is CSCCC(C)N(C)c1cc(Br)nc(C)n1. The van der Waals surface area contributed by atoms with Crippen LogP contribution < -0.4 is 4.90 Å². The molecule has 0 fully saturated rings. The average Bonchev–Trinajstić information content (AvgIpc) is 2.23. The van der Waals surface area contributed by atoms with Crippen LogP contribution in [0.2, 0.25) is 0 Å². The summed E-state index contributed by atoms with van der Waals surface area (Å²) >= 11 is 5.28. The average molecular weight is 304 g/mol. The maximum atomic E-state index is 4.44. The second kappa shape index (κ2) is 6.45. The molecule has 1 heterocycles. The number of hydrogen-bond donors (Lipinski definition) is 0. The second-order valence-corrected chi connectivity index (χ2v) is 5.64. The maximum Gasteiger partial charge on any atom is 0.133 e. The smallest absolute Gasteiger partial charge is 0.133 e. The molecule has 3 nitrogen and oxygen atoms in total. The lowest BCUT2D eigenvalue weighted by molar-refractivity contribution is 0.659. The van der Waals surface area contributed by atoms with Gasteiger partial charge in [0.05, 0.1) is 0 Å². The van der Waals surface area contributed by atoms with Gasteiger partial charge in [-0.2, -0.15) is 11.8 Å². The highest BCUT2D eigenvalue weighted by molar-refractivity contribution is 9.10. The molecule has 16 heavy (non-hydrogen) atoms. The summed E-state index contributed by atoms with van der Waals surface area (Å²) in [6.07, 6.45) is 3.30. The zero-order valence-corrected chi connectivity index (χ0v) is 12.6. The van der Waals surface area contributed by atoms with Crippen molar-refractivity contribution < 1.29 is 0 Å². The van der Waals surface area contributed by atoms with Crippen molar-refractivity contribution in [2.45, 2.75) is 26.3 Å². The van der Waals surface area contributed by atoms with Crippen LogP contribution in [0.5, 0.6) is 0 Å². The van der Waals surface area contributed by atoms with E-state index in [1.807, 2.05) is 24.8 Å². The Morgan fingerprint density at radius 2 is 2.19 bits per heavy atom. The quantitative estimate of drug-likeness (QED) is 0.782. The monoisotopic (exact) mass is 303 g/mol. The van der Waals surface area contributed by atoms with Crippen molar-refractivity contribution in [3.8, 4) is 0 Å². The molecule has 0 saturated heterocycles. The van der Waals surface area contributed by atoms with Gasteiger partial charge in [0.15, 0.2) is 0 Å². The minimum Gasteiger partial charge on any atom is -0.357 e. The van der Waals surface area contributed by atoms with Gasteiger partial charge in [-0.3, -0.25) is 0 Å². The molecule has 90 valence electrons. The van der Waals surface area contributed by atoms with E-state index in [4.69, 9.17) is 0 Å². The number of hydrogen-bond acceptors (Lipinski definition) is 4. The molecule has 1 unspecified atom stereocenters. The zero-order chi connectivity index (χ0) is 12.1. The van der Waals surface area contributed by atoms with Gasteiger partial charge in [0.25, 0.3) is 0 Å². The number of aryl methyl sites for hydroxylation is 1. The molecule has 1 rings (SSSR count). The van der Waals surface area contributed by atoms with Crippen LogP contribution in [0.25, 0.3) is 0 Å². The predicted molar refractivity (Wildman–Crippen MR) is 75.3 cm³/mol. The van der Waals surface area contributed by atoms with E-state index in [-0.39, 0.29) is 0 Å². The van der Waals surface area contributed by atoms with Gasteiger partial charge in [0, 0.05) is 19.2 Å². The number of aromatic nitrogens is 2. The van der Waals surface area contributed by atoms with Crippen LogP contribution in [0.1, 0.15) is 19.2 Å². The van der Waals surface area contributed by atoms with E-state index in [0.717, 1.165) is 16.2 Å². The van der Waals surface area contributed by atoms with Gasteiger partial charge in [-0.25, -0.2) is 9.97 Å². The van der Waals surface area contributed by atoms with Crippen molar-refractivity contribution in [1.82, 2.24) is 9.97 Å². The van der Waals surface area contributed by atoms with Crippen molar-refractivity contribution in [3.63, 3.8) is 0 Å². The van der Waals surface area contributed by atoms with Crippen LogP contribution in [-0.4, -0.2) is 35.1 Å². The molecular formula is C11H18BrN3S. The van der Waals surface area contributed by atoms with E-state index >= 15 is 0 Å². The third-order valence-electron chi connectivity index (χ3n) is 2.56. The van der Waals surface area contributed by atoms with Crippen LogP contribution in [-0.2, 0) is 0 Å². The molecule has 1 atom stereocenters. The Bertz CT molecular complexity index is 326. The molecular weight excluding hydrogens is 286 g/mol. The predicted octanol–water partition coefficient (Wildman–Crippen LogP) is 3.13. The molecule has 0 spiro atoms. The van der Waals surface area contributed by atoms with Crippen LogP contribution in [0.15, 0.2) is 10.7 Å². The molecule has 0 aliphatic carbocycles. The van der Waals surface area contributed by atoms with E-state index in [2.05, 4.69) is 51.0 Å². The van der Waals surface area contributed by atoms with Crippen molar-refractivity contribution in [1.29, 1.82) is 0 Å². The minimum atomic E-state index is 0.494. The summed E-state index contributed by atoms with van der Waals surface area (Å²) in [6.45, 7) is 4.14. The van der Waals surface area contributed by atoms with Crippen LogP contribution in [0, 0.1) is 6.92 Å². The molecule has 1 aromatic rings. The molecule has 0 N–H and O–H groups in total. The number of thioether (sulfide) groups is 1. The standard InChI is InChI=1S/C11H18BrN3S/c1-8(5-6-16-4)15(3)11-7-10(12)13-9(2)14-11/h7-8H,5-6H2,1-4H3. The molecule has 5 heteroatoms. The Labute approximate surface area is 110 Å². The first-order chi connectivity index (χ1) is 7.54. The lowest BCUT2D eigenvalue weighted by atomic mass is 10.2. The van der Waals surface area contributed by atoms with Crippen molar-refractivity contribution >= 4 is 33.5 Å². The molecule has 0 aliphatic rings. The topological polar surface area (TPSA) is 29.0 Å². The summed E-state index contributed by atoms with van der Waals surface area (Å²) in [6, 6.07) is 2.46. The summed E-state index contributed by atoms with van der Waals surface area (Å²) in [7, 11) is 2.08. The van der Waals surface area contributed by atoms with Crippen LogP contribution in [0.3, 0.4) is 0 Å². The highest BCUT2D eigenvalue weighted by Gasteiger charge is 2.12. The number of anilines is 1. The molecule has 0 aliphatic heterocycles. The summed E-state index contributed by atoms with van der Waals surface area (Å²) in [4.78, 5) is 10.9. The van der Waals surface area contributed by atoms with Crippen molar-refractivity contribution in [3.05, 3.63) is 16.5 Å². The molecule has 0 amide bonds. The van der Waals surface area contributed by atoms with E-state index in [0.29, 0.717) is 6.04 Å². The Morgan fingerprint density at radius 1 is 1.50 bits per heavy atom. The van der Waals surface area contributed by atoms with E-state index in [1.165, 1.54) is 12.2 Å². The van der Waals surface area contributed by atoms with Gasteiger partial charge in [-0.15, -0.1) is 0 Å². The maximum absolute atomic E-state index is 4.44. The Balaban J connectivity index is 2.74. The molecule has 1 aromatic heterocycles. The van der Waals surface area contributed by atoms with Crippen LogP contribution in [0.4, 0.5) is 5.82 Å². The Morgan fingerprint density at radius 3 is 2.75 bits per heavy atom. The summed E-state index contributed by atoms with van der Waals surface area (Å²) in [5.74, 6) is 2.96. The normalized spacial score (nSPS) is 12.6. The van der Waals surface area contributed by atoms with Gasteiger partial charge in [0.2, 0.25) is 0 Å². The highest BCUT2D eigenvalue weighted by Crippen LogP contribution is 2.18. The van der Waals surface area contributed by atoms with E-state index < -0.39 is 0 Å². The Kier molecular flexibility index (Phi) is 5.55. The summed E-state index contributed by atoms with van der Waals surface area (Å²) in [5, 5.41) is 0. The van der Waals surface area contributed by atoms with Crippen LogP contribution >= 0.6 is 27.7 Å². The number of nitrogens with zero attached hydrogens (tertiary/aromatic N) is 3. The first kappa shape index (κ1) is 13.8. The molecule has 0 aromatic carbocycles. The fourth-order valence-electron chi connectivity index (χ4n) is 1.40. The summed E-state index contributed by atoms with van der Waals surface area (Å²) in [5.41, 5.74) is 0. The minimum absolute atomic E-state index is 0.494. The molecule has 0 radical (unpaired) electrons. The first-order valence-electron chi connectivity index (χ1n) is 5.27. The zero-order valence-electron chi connectivity index (χ0n) is 10.2. The van der Waals surface area contributed by atoms with Gasteiger partial charge in [-0.05, 0) is 48.2 Å². The molecule has 0 saturated carbocycles. The van der Waals surface area contributed by atoms with Crippen molar-refractivity contribution in [2.24, 2.45) is 0 Å². The fourth-order valence-corrected chi connectivity index (χ4v) is 2.44. The number of rotatable bonds is 5. The first-order valence-corrected chi connectivity index (χ1v) is 7.46.